The number of ketones is 1. The molecule has 0 atom stereocenters. The molecule has 0 saturated carbocycles. The van der Waals surface area contributed by atoms with Gasteiger partial charge in [0.1, 0.15) is 13.2 Å². The van der Waals surface area contributed by atoms with Gasteiger partial charge in [-0.25, -0.2) is 4.99 Å². The van der Waals surface area contributed by atoms with Crippen molar-refractivity contribution in [3.05, 3.63) is 53.6 Å². The molecule has 2 aromatic rings. The maximum Gasteiger partial charge on any atom is 0.223 e. The molecule has 1 aliphatic heterocycles. The smallest absolute Gasteiger partial charge is 0.223 e. The number of ether oxygens (including phenoxy) is 2. The largest absolute Gasteiger partial charge is 0.486 e. The summed E-state index contributed by atoms with van der Waals surface area (Å²) >= 11 is 0. The molecule has 8 nitrogen and oxygen atoms in total. The molecule has 0 saturated heterocycles. The Morgan fingerprint density at radius 2 is 1.52 bits per heavy atom. The Hall–Kier alpha value is -3.55. The Morgan fingerprint density at radius 3 is 2.20 bits per heavy atom. The van der Waals surface area contributed by atoms with Gasteiger partial charge in [-0.05, 0) is 42.5 Å². The average molecular weight is 339 g/mol. The molecule has 25 heavy (non-hydrogen) atoms. The van der Waals surface area contributed by atoms with Crippen LogP contribution >= 0.6 is 0 Å². The summed E-state index contributed by atoms with van der Waals surface area (Å²) in [7, 11) is 0. The highest BCUT2D eigenvalue weighted by molar-refractivity contribution is 6.09. The maximum atomic E-state index is 12.6. The molecule has 0 amide bonds. The SMILES string of the molecule is NC(N)=NC(N)=Nc1ccc(C(=O)c2ccc3c(c2)OCCO3)cc1. The number of benzene rings is 2. The van der Waals surface area contributed by atoms with Crippen molar-refractivity contribution in [1.82, 2.24) is 0 Å². The number of nitrogens with two attached hydrogens (primary N) is 3. The average Bonchev–Trinajstić information content (AvgIpc) is 2.60. The van der Waals surface area contributed by atoms with E-state index < -0.39 is 0 Å². The molecule has 0 fully saturated rings. The quantitative estimate of drug-likeness (QED) is 0.431. The second-order valence-corrected chi connectivity index (χ2v) is 5.24. The van der Waals surface area contributed by atoms with E-state index in [2.05, 4.69) is 9.98 Å². The Bertz CT molecular complexity index is 855. The second-order valence-electron chi connectivity index (χ2n) is 5.24. The van der Waals surface area contributed by atoms with Crippen LogP contribution in [-0.2, 0) is 0 Å². The van der Waals surface area contributed by atoms with Gasteiger partial charge in [0, 0.05) is 11.1 Å². The maximum absolute atomic E-state index is 12.6. The van der Waals surface area contributed by atoms with E-state index in [4.69, 9.17) is 26.7 Å². The topological polar surface area (TPSA) is 138 Å². The number of hydrogen-bond acceptors (Lipinski definition) is 4. The third kappa shape index (κ3) is 3.86. The van der Waals surface area contributed by atoms with E-state index in [1.807, 2.05) is 0 Å². The number of hydrogen-bond donors (Lipinski definition) is 3. The van der Waals surface area contributed by atoms with Crippen LogP contribution in [0.15, 0.2) is 52.4 Å². The molecule has 0 spiro atoms. The molecule has 0 aliphatic carbocycles. The van der Waals surface area contributed by atoms with Gasteiger partial charge in [-0.3, -0.25) is 4.79 Å². The zero-order chi connectivity index (χ0) is 17.8. The lowest BCUT2D eigenvalue weighted by atomic mass is 10.0. The second kappa shape index (κ2) is 6.91. The van der Waals surface area contributed by atoms with Gasteiger partial charge >= 0.3 is 0 Å². The molecule has 1 aliphatic rings. The van der Waals surface area contributed by atoms with Crippen LogP contribution in [0.1, 0.15) is 15.9 Å². The Labute approximate surface area is 144 Å². The monoisotopic (exact) mass is 339 g/mol. The van der Waals surface area contributed by atoms with Crippen molar-refractivity contribution < 1.29 is 14.3 Å². The number of nitrogens with zero attached hydrogens (tertiary/aromatic N) is 2. The molecule has 128 valence electrons. The zero-order valence-corrected chi connectivity index (χ0v) is 13.3. The van der Waals surface area contributed by atoms with Crippen molar-refractivity contribution in [2.45, 2.75) is 0 Å². The zero-order valence-electron chi connectivity index (χ0n) is 13.3. The summed E-state index contributed by atoms with van der Waals surface area (Å²) in [6, 6.07) is 11.7. The number of aliphatic imine (C=N–C) groups is 2. The minimum Gasteiger partial charge on any atom is -0.486 e. The molecule has 3 rings (SSSR count). The number of carbonyl (C=O) groups is 1. The first-order valence-corrected chi connectivity index (χ1v) is 7.51. The Morgan fingerprint density at radius 1 is 0.880 bits per heavy atom. The Balaban J connectivity index is 1.80. The van der Waals surface area contributed by atoms with E-state index in [9.17, 15) is 4.79 Å². The molecule has 0 bridgehead atoms. The fourth-order valence-corrected chi connectivity index (χ4v) is 2.33. The third-order valence-corrected chi connectivity index (χ3v) is 3.42. The lowest BCUT2D eigenvalue weighted by Crippen LogP contribution is -2.26. The van der Waals surface area contributed by atoms with E-state index in [0.29, 0.717) is 41.5 Å². The van der Waals surface area contributed by atoms with Gasteiger partial charge in [-0.2, -0.15) is 4.99 Å². The highest BCUT2D eigenvalue weighted by atomic mass is 16.6. The summed E-state index contributed by atoms with van der Waals surface area (Å²) in [4.78, 5) is 20.3. The van der Waals surface area contributed by atoms with Crippen LogP contribution in [0.3, 0.4) is 0 Å². The van der Waals surface area contributed by atoms with Crippen LogP contribution in [0.2, 0.25) is 0 Å². The lowest BCUT2D eigenvalue weighted by molar-refractivity contribution is 0.103. The van der Waals surface area contributed by atoms with Gasteiger partial charge in [0.15, 0.2) is 23.2 Å². The minimum absolute atomic E-state index is 0.0640. The molecule has 1 heterocycles. The van der Waals surface area contributed by atoms with Gasteiger partial charge in [0.25, 0.3) is 0 Å². The molecule has 0 aromatic heterocycles. The number of fused-ring (bicyclic) bond motifs is 1. The lowest BCUT2D eigenvalue weighted by Gasteiger charge is -2.18. The van der Waals surface area contributed by atoms with Gasteiger partial charge in [0.05, 0.1) is 5.69 Å². The van der Waals surface area contributed by atoms with Crippen LogP contribution in [0.5, 0.6) is 11.5 Å². The molecule has 0 radical (unpaired) electrons. The van der Waals surface area contributed by atoms with E-state index in [-0.39, 0.29) is 17.7 Å². The minimum atomic E-state index is -0.174. The van der Waals surface area contributed by atoms with E-state index in [1.165, 1.54) is 0 Å². The third-order valence-electron chi connectivity index (χ3n) is 3.42. The standard InChI is InChI=1S/C17H17N5O3/c18-16(19)22-17(20)21-12-4-1-10(2-5-12)15(23)11-3-6-13-14(9-11)25-8-7-24-13/h1-6,9H,7-8H2,(H6,18,19,20,21,22). The van der Waals surface area contributed by atoms with Gasteiger partial charge in [0.2, 0.25) is 5.96 Å². The first-order chi connectivity index (χ1) is 12.0. The van der Waals surface area contributed by atoms with Crippen molar-refractivity contribution in [3.8, 4) is 11.5 Å². The van der Waals surface area contributed by atoms with Crippen LogP contribution < -0.4 is 26.7 Å². The Kier molecular flexibility index (Phi) is 4.51. The summed E-state index contributed by atoms with van der Waals surface area (Å²) < 4.78 is 11.0. The molecular weight excluding hydrogens is 322 g/mol. The van der Waals surface area contributed by atoms with E-state index >= 15 is 0 Å². The predicted octanol–water partition coefficient (Wildman–Crippen LogP) is 0.908. The van der Waals surface area contributed by atoms with E-state index in [1.54, 1.807) is 42.5 Å². The van der Waals surface area contributed by atoms with Crippen LogP contribution in [0.25, 0.3) is 0 Å². The molecule has 2 aromatic carbocycles. The summed E-state index contributed by atoms with van der Waals surface area (Å²) in [6.45, 7) is 0.972. The van der Waals surface area contributed by atoms with Crippen LogP contribution in [-0.4, -0.2) is 30.9 Å². The van der Waals surface area contributed by atoms with Gasteiger partial charge in [-0.15, -0.1) is 0 Å². The number of rotatable bonds is 3. The van der Waals surface area contributed by atoms with Gasteiger partial charge < -0.3 is 26.7 Å². The molecule has 8 heteroatoms. The number of guanidine groups is 2. The summed E-state index contributed by atoms with van der Waals surface area (Å²) in [6.07, 6.45) is 0. The van der Waals surface area contributed by atoms with Crippen LogP contribution in [0, 0.1) is 0 Å². The summed E-state index contributed by atoms with van der Waals surface area (Å²) in [5.41, 5.74) is 17.6. The normalized spacial score (nSPS) is 13.2. The van der Waals surface area contributed by atoms with Crippen LogP contribution in [0.4, 0.5) is 5.69 Å². The van der Waals surface area contributed by atoms with Crippen molar-refractivity contribution in [3.63, 3.8) is 0 Å². The van der Waals surface area contributed by atoms with Crippen molar-refractivity contribution in [2.75, 3.05) is 13.2 Å². The summed E-state index contributed by atoms with van der Waals surface area (Å²) in [5.74, 6) is 0.841. The summed E-state index contributed by atoms with van der Waals surface area (Å²) in [5, 5.41) is 0. The fourth-order valence-electron chi connectivity index (χ4n) is 2.33. The van der Waals surface area contributed by atoms with Gasteiger partial charge in [-0.1, -0.05) is 0 Å². The first kappa shape index (κ1) is 16.3. The number of carbonyl (C=O) groups excluding carboxylic acids is 1. The highest BCUT2D eigenvalue weighted by Crippen LogP contribution is 2.31. The molecule has 0 unspecified atom stereocenters. The van der Waals surface area contributed by atoms with E-state index in [0.717, 1.165) is 0 Å². The fraction of sp³-hybridized carbons (Fsp3) is 0.118. The van der Waals surface area contributed by atoms with Crippen molar-refractivity contribution >= 4 is 23.4 Å². The molecular formula is C17H17N5O3. The van der Waals surface area contributed by atoms with Crippen molar-refractivity contribution in [1.29, 1.82) is 0 Å². The highest BCUT2D eigenvalue weighted by Gasteiger charge is 2.16. The molecule has 6 N–H and O–H groups in total. The predicted molar refractivity (Wildman–Crippen MR) is 94.4 cm³/mol. The van der Waals surface area contributed by atoms with Crippen molar-refractivity contribution in [2.24, 2.45) is 27.2 Å². The first-order valence-electron chi connectivity index (χ1n) is 7.51.